The van der Waals surface area contributed by atoms with Gasteiger partial charge in [0.25, 0.3) is 5.91 Å². The van der Waals surface area contributed by atoms with Crippen LogP contribution in [0.15, 0.2) is 36.4 Å². The van der Waals surface area contributed by atoms with Crippen molar-refractivity contribution in [3.63, 3.8) is 0 Å². The van der Waals surface area contributed by atoms with Crippen molar-refractivity contribution in [1.29, 1.82) is 0 Å². The van der Waals surface area contributed by atoms with Crippen LogP contribution in [0.3, 0.4) is 0 Å². The van der Waals surface area contributed by atoms with Crippen LogP contribution in [0.1, 0.15) is 11.1 Å². The fourth-order valence-corrected chi connectivity index (χ4v) is 2.91. The highest BCUT2D eigenvalue weighted by atomic mass is 35.5. The summed E-state index contributed by atoms with van der Waals surface area (Å²) in [6.07, 6.45) is 0.0144. The molecule has 1 N–H and O–H groups in total. The zero-order valence-electron chi connectivity index (χ0n) is 12.2. The second-order valence-corrected chi connectivity index (χ2v) is 5.90. The molecule has 1 atom stereocenters. The van der Waals surface area contributed by atoms with E-state index >= 15 is 0 Å². The van der Waals surface area contributed by atoms with Crippen molar-refractivity contribution < 1.29 is 19.0 Å². The highest BCUT2D eigenvalue weighted by molar-refractivity contribution is 6.30. The Morgan fingerprint density at radius 2 is 1.96 bits per heavy atom. The van der Waals surface area contributed by atoms with Gasteiger partial charge in [0.1, 0.15) is 5.75 Å². The SMILES string of the molecule is O=C(NCc1ccc2c(c1)OCO2)[C@@H]1Cc2cc(Cl)ccc2O1. The predicted molar refractivity (Wildman–Crippen MR) is 84.0 cm³/mol. The molecule has 2 heterocycles. The number of ether oxygens (including phenoxy) is 3. The van der Waals surface area contributed by atoms with E-state index in [1.807, 2.05) is 24.3 Å². The lowest BCUT2D eigenvalue weighted by Crippen LogP contribution is -2.36. The van der Waals surface area contributed by atoms with E-state index in [1.54, 1.807) is 12.1 Å². The van der Waals surface area contributed by atoms with Crippen molar-refractivity contribution in [3.05, 3.63) is 52.5 Å². The summed E-state index contributed by atoms with van der Waals surface area (Å²) in [6.45, 7) is 0.647. The lowest BCUT2D eigenvalue weighted by molar-refractivity contribution is -0.127. The van der Waals surface area contributed by atoms with E-state index in [4.69, 9.17) is 25.8 Å². The standard InChI is InChI=1S/C17H14ClNO4/c18-12-2-4-13-11(6-12)7-16(23-13)17(20)19-8-10-1-3-14-15(5-10)22-9-21-14/h1-6,16H,7-9H2,(H,19,20)/t16-/m0/s1. The first kappa shape index (κ1) is 14.2. The first-order valence-electron chi connectivity index (χ1n) is 7.30. The highest BCUT2D eigenvalue weighted by Gasteiger charge is 2.29. The largest absolute Gasteiger partial charge is 0.480 e. The molecule has 118 valence electrons. The van der Waals surface area contributed by atoms with Gasteiger partial charge in [-0.3, -0.25) is 4.79 Å². The number of fused-ring (bicyclic) bond motifs is 2. The van der Waals surface area contributed by atoms with Crippen LogP contribution in [0.4, 0.5) is 0 Å². The maximum absolute atomic E-state index is 12.3. The molecule has 0 saturated carbocycles. The molecule has 23 heavy (non-hydrogen) atoms. The van der Waals surface area contributed by atoms with Gasteiger partial charge in [-0.1, -0.05) is 17.7 Å². The Morgan fingerprint density at radius 1 is 1.13 bits per heavy atom. The van der Waals surface area contributed by atoms with Gasteiger partial charge in [-0.15, -0.1) is 0 Å². The predicted octanol–water partition coefficient (Wildman–Crippen LogP) is 2.69. The summed E-state index contributed by atoms with van der Waals surface area (Å²) in [5.41, 5.74) is 1.90. The highest BCUT2D eigenvalue weighted by Crippen LogP contribution is 2.33. The van der Waals surface area contributed by atoms with E-state index in [9.17, 15) is 4.79 Å². The fourth-order valence-electron chi connectivity index (χ4n) is 2.72. The summed E-state index contributed by atoms with van der Waals surface area (Å²) >= 11 is 5.96. The zero-order chi connectivity index (χ0) is 15.8. The van der Waals surface area contributed by atoms with E-state index in [1.165, 1.54) is 0 Å². The zero-order valence-corrected chi connectivity index (χ0v) is 12.9. The van der Waals surface area contributed by atoms with Gasteiger partial charge in [-0.25, -0.2) is 0 Å². The molecule has 0 bridgehead atoms. The molecule has 5 nitrogen and oxygen atoms in total. The van der Waals surface area contributed by atoms with Gasteiger partial charge in [0.2, 0.25) is 6.79 Å². The summed E-state index contributed by atoms with van der Waals surface area (Å²) in [5.74, 6) is 2.01. The summed E-state index contributed by atoms with van der Waals surface area (Å²) in [7, 11) is 0. The van der Waals surface area contributed by atoms with Gasteiger partial charge in [0, 0.05) is 18.0 Å². The smallest absolute Gasteiger partial charge is 0.261 e. The number of benzene rings is 2. The van der Waals surface area contributed by atoms with E-state index in [-0.39, 0.29) is 12.7 Å². The summed E-state index contributed by atoms with van der Waals surface area (Å²) in [6, 6.07) is 11.0. The third-order valence-electron chi connectivity index (χ3n) is 3.89. The van der Waals surface area contributed by atoms with Crippen LogP contribution in [0.25, 0.3) is 0 Å². The minimum atomic E-state index is -0.516. The number of amides is 1. The van der Waals surface area contributed by atoms with Gasteiger partial charge in [-0.05, 0) is 41.5 Å². The first-order chi connectivity index (χ1) is 11.2. The number of hydrogen-bond donors (Lipinski definition) is 1. The number of carbonyl (C=O) groups excluding carboxylic acids is 1. The molecule has 0 unspecified atom stereocenters. The van der Waals surface area contributed by atoms with Crippen LogP contribution in [-0.4, -0.2) is 18.8 Å². The second kappa shape index (κ2) is 5.66. The Bertz CT molecular complexity index is 777. The monoisotopic (exact) mass is 331 g/mol. The molecule has 2 aromatic rings. The maximum atomic E-state index is 12.3. The molecule has 0 saturated heterocycles. The quantitative estimate of drug-likeness (QED) is 0.939. The van der Waals surface area contributed by atoms with Crippen molar-refractivity contribution in [1.82, 2.24) is 5.32 Å². The van der Waals surface area contributed by atoms with Gasteiger partial charge in [0.15, 0.2) is 17.6 Å². The van der Waals surface area contributed by atoms with Crippen molar-refractivity contribution in [3.8, 4) is 17.2 Å². The third kappa shape index (κ3) is 2.80. The van der Waals surface area contributed by atoms with Crippen LogP contribution < -0.4 is 19.5 Å². The van der Waals surface area contributed by atoms with Crippen LogP contribution in [0.5, 0.6) is 17.2 Å². The Kier molecular flexibility index (Phi) is 3.50. The molecule has 1 amide bonds. The molecular weight excluding hydrogens is 318 g/mol. The summed E-state index contributed by atoms with van der Waals surface area (Å²) < 4.78 is 16.3. The minimum Gasteiger partial charge on any atom is -0.480 e. The van der Waals surface area contributed by atoms with Gasteiger partial charge >= 0.3 is 0 Å². The molecule has 2 aliphatic heterocycles. The van der Waals surface area contributed by atoms with E-state index in [2.05, 4.69) is 5.32 Å². The molecule has 0 aliphatic carbocycles. The lowest BCUT2D eigenvalue weighted by atomic mass is 10.1. The Morgan fingerprint density at radius 3 is 2.87 bits per heavy atom. The van der Waals surface area contributed by atoms with E-state index < -0.39 is 6.10 Å². The number of halogens is 1. The fraction of sp³-hybridized carbons (Fsp3) is 0.235. The third-order valence-corrected chi connectivity index (χ3v) is 4.13. The van der Waals surface area contributed by atoms with Crippen molar-refractivity contribution in [2.24, 2.45) is 0 Å². The molecule has 6 heteroatoms. The molecule has 4 rings (SSSR count). The lowest BCUT2D eigenvalue weighted by Gasteiger charge is -2.11. The maximum Gasteiger partial charge on any atom is 0.261 e. The van der Waals surface area contributed by atoms with Crippen LogP contribution >= 0.6 is 11.6 Å². The first-order valence-corrected chi connectivity index (χ1v) is 7.68. The molecule has 0 aromatic heterocycles. The van der Waals surface area contributed by atoms with Crippen molar-refractivity contribution >= 4 is 17.5 Å². The molecule has 2 aliphatic rings. The molecule has 0 spiro atoms. The van der Waals surface area contributed by atoms with E-state index in [0.717, 1.165) is 22.6 Å². The van der Waals surface area contributed by atoms with Gasteiger partial charge in [-0.2, -0.15) is 0 Å². The number of nitrogens with one attached hydrogen (secondary N) is 1. The van der Waals surface area contributed by atoms with Crippen LogP contribution in [0.2, 0.25) is 5.02 Å². The molecule has 0 fully saturated rings. The second-order valence-electron chi connectivity index (χ2n) is 5.47. The Labute approximate surface area is 138 Å². The Hall–Kier alpha value is -2.40. The normalized spacial score (nSPS) is 17.5. The molecular formula is C17H14ClNO4. The van der Waals surface area contributed by atoms with Gasteiger partial charge in [0.05, 0.1) is 0 Å². The topological polar surface area (TPSA) is 56.8 Å². The number of carbonyl (C=O) groups is 1. The number of rotatable bonds is 3. The number of hydrogen-bond acceptors (Lipinski definition) is 4. The van der Waals surface area contributed by atoms with E-state index in [0.29, 0.717) is 23.7 Å². The van der Waals surface area contributed by atoms with Gasteiger partial charge < -0.3 is 19.5 Å². The van der Waals surface area contributed by atoms with Crippen LogP contribution in [0, 0.1) is 0 Å². The summed E-state index contributed by atoms with van der Waals surface area (Å²) in [5, 5.41) is 3.54. The summed E-state index contributed by atoms with van der Waals surface area (Å²) in [4.78, 5) is 12.3. The average molecular weight is 332 g/mol. The average Bonchev–Trinajstić information content (AvgIpc) is 3.17. The minimum absolute atomic E-state index is 0.144. The molecule has 2 aromatic carbocycles. The van der Waals surface area contributed by atoms with Crippen molar-refractivity contribution in [2.75, 3.05) is 6.79 Å². The molecule has 0 radical (unpaired) electrons. The Balaban J connectivity index is 1.38. The van der Waals surface area contributed by atoms with Crippen LogP contribution in [-0.2, 0) is 17.8 Å². The van der Waals surface area contributed by atoms with Crippen molar-refractivity contribution in [2.45, 2.75) is 19.1 Å².